The van der Waals surface area contributed by atoms with E-state index in [1.165, 1.54) is 11.8 Å². The summed E-state index contributed by atoms with van der Waals surface area (Å²) in [6.45, 7) is 0.941. The largest absolute Gasteiger partial charge is 0.423 e. The van der Waals surface area contributed by atoms with E-state index in [0.717, 1.165) is 12.3 Å². The fraction of sp³-hybridized carbons (Fsp3) is 0.450. The van der Waals surface area contributed by atoms with Crippen molar-refractivity contribution >= 4 is 17.5 Å². The van der Waals surface area contributed by atoms with Crippen LogP contribution in [0, 0.1) is 0 Å². The number of piperidine rings is 1. The third-order valence-electron chi connectivity index (χ3n) is 5.07. The number of aromatic nitrogens is 4. The standard InChI is InChI=1S/C20H20F7N7O3/c1-10(31-14-7-30-32-17(36)16(14)20(25,26)27)9-37-33-15(35)4-11-2-3-34(8-13(11)21)18-28-5-12(6-29-18)19(22,23)24/h4-7,10,13H,2-3,8-9H2,1H3,(H,33,35)(H2,31,32,36). The van der Waals surface area contributed by atoms with E-state index in [9.17, 15) is 40.3 Å². The van der Waals surface area contributed by atoms with E-state index in [-0.39, 0.29) is 37.6 Å². The van der Waals surface area contributed by atoms with Crippen LogP contribution >= 0.6 is 0 Å². The Bertz CT molecular complexity index is 1180. The van der Waals surface area contributed by atoms with Crippen LogP contribution in [0.3, 0.4) is 0 Å². The molecule has 1 aliphatic rings. The Hall–Kier alpha value is -3.76. The number of H-pyrrole nitrogens is 1. The van der Waals surface area contributed by atoms with Crippen molar-refractivity contribution < 1.29 is 40.4 Å². The van der Waals surface area contributed by atoms with Crippen LogP contribution in [0.2, 0.25) is 0 Å². The van der Waals surface area contributed by atoms with E-state index in [1.54, 1.807) is 5.10 Å². The van der Waals surface area contributed by atoms with Gasteiger partial charge in [-0.25, -0.2) is 24.9 Å². The lowest BCUT2D eigenvalue weighted by molar-refractivity contribution is -0.139. The summed E-state index contributed by atoms with van der Waals surface area (Å²) in [7, 11) is 0. The average Bonchev–Trinajstić information content (AvgIpc) is 2.79. The molecule has 17 heteroatoms. The molecule has 2 unspecified atom stereocenters. The molecule has 10 nitrogen and oxygen atoms in total. The molecular weight excluding hydrogens is 519 g/mol. The Morgan fingerprint density at radius 1 is 1.22 bits per heavy atom. The molecule has 0 bridgehead atoms. The quantitative estimate of drug-likeness (QED) is 0.279. The highest BCUT2D eigenvalue weighted by Crippen LogP contribution is 2.32. The van der Waals surface area contributed by atoms with Crippen LogP contribution in [0.5, 0.6) is 0 Å². The number of nitrogens with one attached hydrogen (secondary N) is 3. The van der Waals surface area contributed by atoms with E-state index in [0.29, 0.717) is 12.4 Å². The molecule has 1 amide bonds. The van der Waals surface area contributed by atoms with E-state index in [1.807, 2.05) is 5.48 Å². The first-order valence-corrected chi connectivity index (χ1v) is 10.6. The van der Waals surface area contributed by atoms with Crippen molar-refractivity contribution in [3.63, 3.8) is 0 Å². The van der Waals surface area contributed by atoms with Crippen molar-refractivity contribution in [3.05, 3.63) is 51.7 Å². The molecule has 37 heavy (non-hydrogen) atoms. The van der Waals surface area contributed by atoms with Gasteiger partial charge in [0.1, 0.15) is 11.7 Å². The van der Waals surface area contributed by atoms with Crippen LogP contribution in [0.1, 0.15) is 24.5 Å². The van der Waals surface area contributed by atoms with Gasteiger partial charge in [0, 0.05) is 31.1 Å². The summed E-state index contributed by atoms with van der Waals surface area (Å²) in [4.78, 5) is 37.1. The smallest absolute Gasteiger partial charge is 0.378 e. The van der Waals surface area contributed by atoms with Crippen LogP contribution in [0.25, 0.3) is 0 Å². The third-order valence-corrected chi connectivity index (χ3v) is 5.07. The highest BCUT2D eigenvalue weighted by molar-refractivity contribution is 5.87. The molecule has 1 saturated heterocycles. The zero-order valence-corrected chi connectivity index (χ0v) is 19.0. The fourth-order valence-corrected chi connectivity index (χ4v) is 3.33. The predicted molar refractivity (Wildman–Crippen MR) is 114 cm³/mol. The minimum absolute atomic E-state index is 0.0483. The molecule has 3 rings (SSSR count). The highest BCUT2D eigenvalue weighted by Gasteiger charge is 2.37. The number of halogens is 7. The molecule has 0 saturated carbocycles. The molecule has 0 aliphatic carbocycles. The number of amides is 1. The lowest BCUT2D eigenvalue weighted by Crippen LogP contribution is -2.39. The van der Waals surface area contributed by atoms with Gasteiger partial charge in [-0.3, -0.25) is 14.4 Å². The van der Waals surface area contributed by atoms with Gasteiger partial charge in [0.2, 0.25) is 5.95 Å². The molecule has 2 atom stereocenters. The Morgan fingerprint density at radius 2 is 1.89 bits per heavy atom. The number of hydrogen-bond acceptors (Lipinski definition) is 8. The van der Waals surface area contributed by atoms with Crippen LogP contribution < -0.4 is 21.3 Å². The second-order valence-corrected chi connectivity index (χ2v) is 7.96. The topological polar surface area (TPSA) is 125 Å². The van der Waals surface area contributed by atoms with Crippen LogP contribution in [-0.4, -0.2) is 58.0 Å². The molecule has 202 valence electrons. The fourth-order valence-electron chi connectivity index (χ4n) is 3.33. The van der Waals surface area contributed by atoms with Crippen molar-refractivity contribution in [1.29, 1.82) is 0 Å². The maximum Gasteiger partial charge on any atom is 0.423 e. The van der Waals surface area contributed by atoms with E-state index >= 15 is 0 Å². The van der Waals surface area contributed by atoms with Gasteiger partial charge in [-0.05, 0) is 18.9 Å². The monoisotopic (exact) mass is 539 g/mol. The van der Waals surface area contributed by atoms with E-state index in [2.05, 4.69) is 20.4 Å². The third kappa shape index (κ3) is 7.37. The maximum absolute atomic E-state index is 14.6. The second-order valence-electron chi connectivity index (χ2n) is 7.96. The molecule has 0 radical (unpaired) electrons. The Balaban J connectivity index is 1.49. The molecule has 0 spiro atoms. The number of hydroxylamine groups is 1. The summed E-state index contributed by atoms with van der Waals surface area (Å²) in [5.41, 5.74) is -2.40. The van der Waals surface area contributed by atoms with E-state index in [4.69, 9.17) is 4.84 Å². The Kier molecular flexibility index (Phi) is 8.35. The van der Waals surface area contributed by atoms with Crippen molar-refractivity contribution in [2.75, 3.05) is 29.9 Å². The summed E-state index contributed by atoms with van der Waals surface area (Å²) in [6.07, 6.45) is -8.20. The lowest BCUT2D eigenvalue weighted by atomic mass is 10.0. The number of rotatable bonds is 7. The molecule has 2 aromatic heterocycles. The minimum atomic E-state index is -4.93. The summed E-state index contributed by atoms with van der Waals surface area (Å²) in [5.74, 6) is -0.925. The maximum atomic E-state index is 14.6. The number of anilines is 2. The normalized spacial score (nSPS) is 18.5. The van der Waals surface area contributed by atoms with Gasteiger partial charge in [-0.2, -0.15) is 31.4 Å². The first-order chi connectivity index (χ1) is 17.3. The number of hydrogen-bond donors (Lipinski definition) is 3. The van der Waals surface area contributed by atoms with Gasteiger partial charge >= 0.3 is 12.4 Å². The van der Waals surface area contributed by atoms with Gasteiger partial charge in [0.05, 0.1) is 30.6 Å². The first kappa shape index (κ1) is 27.8. The molecule has 3 heterocycles. The molecule has 0 aromatic carbocycles. The minimum Gasteiger partial charge on any atom is -0.378 e. The molecule has 1 aliphatic heterocycles. The number of carbonyl (C=O) groups is 1. The SMILES string of the molecule is CC(CONC(=O)C=C1CCN(c2ncc(C(F)(F)F)cn2)CC1F)Nc1cn[nH]c(=O)c1C(F)(F)F. The summed E-state index contributed by atoms with van der Waals surface area (Å²) in [5, 5.41) is 7.44. The summed E-state index contributed by atoms with van der Waals surface area (Å²) < 4.78 is 91.7. The number of nitrogens with zero attached hydrogens (tertiary/aromatic N) is 4. The van der Waals surface area contributed by atoms with Gasteiger partial charge in [-0.1, -0.05) is 0 Å². The lowest BCUT2D eigenvalue weighted by Gasteiger charge is -2.30. The summed E-state index contributed by atoms with van der Waals surface area (Å²) in [6, 6.07) is -0.807. The van der Waals surface area contributed by atoms with Crippen molar-refractivity contribution in [3.8, 4) is 0 Å². The van der Waals surface area contributed by atoms with Crippen molar-refractivity contribution in [1.82, 2.24) is 25.6 Å². The number of alkyl halides is 7. The number of aromatic amines is 1. The van der Waals surface area contributed by atoms with Gasteiger partial charge in [0.15, 0.2) is 0 Å². The van der Waals surface area contributed by atoms with Crippen LogP contribution in [0.4, 0.5) is 42.4 Å². The average molecular weight is 539 g/mol. The molecule has 2 aromatic rings. The van der Waals surface area contributed by atoms with E-state index < -0.39 is 52.8 Å². The molecule has 3 N–H and O–H groups in total. The first-order valence-electron chi connectivity index (χ1n) is 10.6. The van der Waals surface area contributed by atoms with Gasteiger partial charge < -0.3 is 10.2 Å². The summed E-state index contributed by atoms with van der Waals surface area (Å²) >= 11 is 0. The van der Waals surface area contributed by atoms with Crippen molar-refractivity contribution in [2.24, 2.45) is 0 Å². The number of carbonyl (C=O) groups excluding carboxylic acids is 1. The Labute approximate surface area is 203 Å². The van der Waals surface area contributed by atoms with Gasteiger partial charge in [0.25, 0.3) is 11.5 Å². The second kappa shape index (κ2) is 11.1. The zero-order valence-electron chi connectivity index (χ0n) is 19.0. The molecule has 1 fully saturated rings. The molecular formula is C20H20F7N7O3. The Morgan fingerprint density at radius 3 is 2.49 bits per heavy atom. The van der Waals surface area contributed by atoms with Crippen LogP contribution in [0.15, 0.2) is 35.0 Å². The van der Waals surface area contributed by atoms with Crippen LogP contribution in [-0.2, 0) is 22.0 Å². The highest BCUT2D eigenvalue weighted by atomic mass is 19.4. The zero-order chi connectivity index (χ0) is 27.4. The van der Waals surface area contributed by atoms with Crippen molar-refractivity contribution in [2.45, 2.75) is 37.9 Å². The van der Waals surface area contributed by atoms with Gasteiger partial charge in [-0.15, -0.1) is 0 Å². The predicted octanol–water partition coefficient (Wildman–Crippen LogP) is 2.62.